The minimum atomic E-state index is -0.700. The van der Waals surface area contributed by atoms with E-state index in [2.05, 4.69) is 21.2 Å². The Kier molecular flexibility index (Phi) is 5.07. The Bertz CT molecular complexity index is 1130. The van der Waals surface area contributed by atoms with Crippen molar-refractivity contribution < 1.29 is 14.7 Å². The summed E-state index contributed by atoms with van der Waals surface area (Å²) < 4.78 is 0.893. The van der Waals surface area contributed by atoms with E-state index in [-0.39, 0.29) is 16.9 Å². The molecule has 0 saturated heterocycles. The largest absolute Gasteiger partial charge is 0.507 e. The molecule has 3 aromatic rings. The third-order valence-corrected chi connectivity index (χ3v) is 5.52. The summed E-state index contributed by atoms with van der Waals surface area (Å²) in [7, 11) is 0. The van der Waals surface area contributed by atoms with Crippen molar-refractivity contribution in [3.63, 3.8) is 0 Å². The minimum Gasteiger partial charge on any atom is -0.507 e. The van der Waals surface area contributed by atoms with Gasteiger partial charge in [-0.15, -0.1) is 0 Å². The van der Waals surface area contributed by atoms with Crippen LogP contribution < -0.4 is 5.32 Å². The Morgan fingerprint density at radius 1 is 0.828 bits per heavy atom. The summed E-state index contributed by atoms with van der Waals surface area (Å²) in [6.07, 6.45) is 0. The third-order valence-electron chi connectivity index (χ3n) is 4.99. The number of benzene rings is 3. The lowest BCUT2D eigenvalue weighted by Gasteiger charge is -2.26. The van der Waals surface area contributed by atoms with Crippen molar-refractivity contribution in [1.82, 2.24) is 0 Å². The quantitative estimate of drug-likeness (QED) is 0.507. The molecule has 3 aromatic carbocycles. The Morgan fingerprint density at radius 3 is 2.10 bits per heavy atom. The summed E-state index contributed by atoms with van der Waals surface area (Å²) in [6, 6.07) is 21.1. The summed E-state index contributed by atoms with van der Waals surface area (Å²) in [6.45, 7) is 1.99. The van der Waals surface area contributed by atoms with Crippen molar-refractivity contribution in [3.05, 3.63) is 105 Å². The molecule has 5 heteroatoms. The molecule has 0 aromatic heterocycles. The van der Waals surface area contributed by atoms with Crippen LogP contribution in [-0.4, -0.2) is 16.7 Å². The van der Waals surface area contributed by atoms with E-state index >= 15 is 0 Å². The molecule has 0 amide bonds. The van der Waals surface area contributed by atoms with Crippen LogP contribution >= 0.6 is 15.9 Å². The van der Waals surface area contributed by atoms with Crippen molar-refractivity contribution in [2.75, 3.05) is 5.32 Å². The third kappa shape index (κ3) is 3.61. The molecule has 4 rings (SSSR count). The first-order valence-corrected chi connectivity index (χ1v) is 9.95. The number of aryl methyl sites for hydroxylation is 1. The highest BCUT2D eigenvalue weighted by Gasteiger charge is 2.37. The predicted molar refractivity (Wildman–Crippen MR) is 117 cm³/mol. The maximum absolute atomic E-state index is 13.0. The molecule has 0 heterocycles. The number of hydrogen-bond donors (Lipinski definition) is 2. The number of carbonyl (C=O) groups excluding carboxylic acids is 2. The van der Waals surface area contributed by atoms with E-state index in [1.165, 1.54) is 0 Å². The van der Waals surface area contributed by atoms with Crippen LogP contribution in [0, 0.1) is 6.92 Å². The summed E-state index contributed by atoms with van der Waals surface area (Å²) >= 11 is 3.42. The van der Waals surface area contributed by atoms with E-state index in [4.69, 9.17) is 0 Å². The second-order valence-electron chi connectivity index (χ2n) is 6.96. The fourth-order valence-corrected chi connectivity index (χ4v) is 3.71. The van der Waals surface area contributed by atoms with E-state index < -0.39 is 17.6 Å². The van der Waals surface area contributed by atoms with Gasteiger partial charge in [-0.25, -0.2) is 0 Å². The molecule has 0 saturated carbocycles. The predicted octanol–water partition coefficient (Wildman–Crippen LogP) is 5.65. The van der Waals surface area contributed by atoms with Crippen LogP contribution in [0.2, 0.25) is 0 Å². The van der Waals surface area contributed by atoms with Gasteiger partial charge < -0.3 is 10.4 Å². The zero-order valence-electron chi connectivity index (χ0n) is 15.6. The zero-order chi connectivity index (χ0) is 20.5. The molecular formula is C24H18BrNO3. The number of halogens is 1. The molecule has 0 aliphatic heterocycles. The van der Waals surface area contributed by atoms with Gasteiger partial charge in [0.05, 0.1) is 11.6 Å². The molecule has 1 aliphatic carbocycles. The summed E-state index contributed by atoms with van der Waals surface area (Å²) in [5.41, 5.74) is 3.30. The van der Waals surface area contributed by atoms with Crippen LogP contribution in [0.5, 0.6) is 0 Å². The van der Waals surface area contributed by atoms with Gasteiger partial charge in [0.1, 0.15) is 5.76 Å². The van der Waals surface area contributed by atoms with Gasteiger partial charge in [0.15, 0.2) is 0 Å². The number of nitrogens with one attached hydrogen (secondary N) is 1. The lowest BCUT2D eigenvalue weighted by molar-refractivity contribution is -0.112. The van der Waals surface area contributed by atoms with Crippen LogP contribution in [0.25, 0.3) is 5.76 Å². The normalized spacial score (nSPS) is 14.6. The minimum absolute atomic E-state index is 0.0524. The van der Waals surface area contributed by atoms with Crippen LogP contribution in [-0.2, 0) is 4.79 Å². The number of aliphatic hydroxyl groups excluding tert-OH is 1. The number of Topliss-reactive ketones (excluding diaryl/α,β-unsaturated/α-hetero) is 2. The van der Waals surface area contributed by atoms with Gasteiger partial charge in [-0.2, -0.15) is 0 Å². The Labute approximate surface area is 177 Å². The maximum atomic E-state index is 13.0. The maximum Gasteiger partial charge on any atom is 0.235 e. The van der Waals surface area contributed by atoms with Crippen LogP contribution in [0.4, 0.5) is 5.69 Å². The van der Waals surface area contributed by atoms with E-state index in [1.807, 2.05) is 55.5 Å². The number of fused-ring (bicyclic) bond motifs is 1. The van der Waals surface area contributed by atoms with Crippen LogP contribution in [0.1, 0.15) is 33.1 Å². The Balaban J connectivity index is 1.88. The van der Waals surface area contributed by atoms with Crippen LogP contribution in [0.3, 0.4) is 0 Å². The average Bonchev–Trinajstić information content (AvgIpc) is 2.73. The smallest absolute Gasteiger partial charge is 0.235 e. The number of hydrogen-bond acceptors (Lipinski definition) is 4. The molecule has 1 aliphatic rings. The highest BCUT2D eigenvalue weighted by Crippen LogP contribution is 2.37. The van der Waals surface area contributed by atoms with Gasteiger partial charge >= 0.3 is 0 Å². The van der Waals surface area contributed by atoms with Gasteiger partial charge in [0.25, 0.3) is 0 Å². The van der Waals surface area contributed by atoms with E-state index in [9.17, 15) is 14.7 Å². The SMILES string of the molecule is Cc1ccc(NC(C2=C(O)c3ccccc3C(=O)C2=O)c2ccc(Br)cc2)cc1. The number of aliphatic hydroxyl groups is 1. The number of carbonyl (C=O) groups is 2. The molecule has 0 radical (unpaired) electrons. The first kappa shape index (κ1) is 19.2. The van der Waals surface area contributed by atoms with Crippen LogP contribution in [0.15, 0.2) is 82.8 Å². The van der Waals surface area contributed by atoms with E-state index in [0.717, 1.165) is 21.3 Å². The molecule has 29 heavy (non-hydrogen) atoms. The average molecular weight is 448 g/mol. The topological polar surface area (TPSA) is 66.4 Å². The lowest BCUT2D eigenvalue weighted by Crippen LogP contribution is -2.30. The molecule has 144 valence electrons. The second kappa shape index (κ2) is 7.68. The molecule has 2 N–H and O–H groups in total. The summed E-state index contributed by atoms with van der Waals surface area (Å²) in [5.74, 6) is -1.48. The number of rotatable bonds is 4. The molecule has 0 bridgehead atoms. The van der Waals surface area contributed by atoms with Crippen molar-refractivity contribution in [2.24, 2.45) is 0 Å². The van der Waals surface area contributed by atoms with Gasteiger partial charge in [-0.3, -0.25) is 9.59 Å². The highest BCUT2D eigenvalue weighted by molar-refractivity contribution is 9.10. The molecule has 0 fully saturated rings. The zero-order valence-corrected chi connectivity index (χ0v) is 17.2. The van der Waals surface area contributed by atoms with Gasteiger partial charge in [-0.05, 0) is 36.8 Å². The first-order chi connectivity index (χ1) is 14.0. The number of anilines is 1. The fraction of sp³-hybridized carbons (Fsp3) is 0.0833. The molecule has 4 nitrogen and oxygen atoms in total. The Morgan fingerprint density at radius 2 is 1.45 bits per heavy atom. The molecule has 0 spiro atoms. The first-order valence-electron chi connectivity index (χ1n) is 9.16. The highest BCUT2D eigenvalue weighted by atomic mass is 79.9. The summed E-state index contributed by atoms with van der Waals surface area (Å²) in [5, 5.41) is 14.3. The van der Waals surface area contributed by atoms with Crippen molar-refractivity contribution in [3.8, 4) is 0 Å². The van der Waals surface area contributed by atoms with Gasteiger partial charge in [0, 0.05) is 21.3 Å². The summed E-state index contributed by atoms with van der Waals surface area (Å²) in [4.78, 5) is 25.7. The van der Waals surface area contributed by atoms with Gasteiger partial charge in [-0.1, -0.05) is 70.0 Å². The van der Waals surface area contributed by atoms with E-state index in [0.29, 0.717) is 5.56 Å². The van der Waals surface area contributed by atoms with Crippen molar-refractivity contribution in [2.45, 2.75) is 13.0 Å². The van der Waals surface area contributed by atoms with E-state index in [1.54, 1.807) is 24.3 Å². The second-order valence-corrected chi connectivity index (χ2v) is 7.88. The van der Waals surface area contributed by atoms with Gasteiger partial charge in [0.2, 0.25) is 11.6 Å². The van der Waals surface area contributed by atoms with Crippen molar-refractivity contribution >= 4 is 38.9 Å². The van der Waals surface area contributed by atoms with Crippen molar-refractivity contribution in [1.29, 1.82) is 0 Å². The lowest BCUT2D eigenvalue weighted by atomic mass is 9.83. The monoisotopic (exact) mass is 447 g/mol. The molecule has 1 atom stereocenters. The fourth-order valence-electron chi connectivity index (χ4n) is 3.45. The number of ketones is 2. The molecule has 1 unspecified atom stereocenters. The molecular weight excluding hydrogens is 430 g/mol. The standard InChI is InChI=1S/C24H18BrNO3/c1-14-6-12-17(13-7-14)26-21(15-8-10-16(25)11-9-15)20-22(27)18-4-2-3-5-19(18)23(28)24(20)29/h2-13,21,26-27H,1H3. The Hall–Kier alpha value is -3.18.